The SMILES string of the molecule is CCC(c1cccc(C#N)c1)n1c(CC2CC2)nc(=O)c(S(=O)(=O)c2ccc(-c3cccnc3C)cc2)c1O. The molecule has 9 heteroatoms. The highest BCUT2D eigenvalue weighted by molar-refractivity contribution is 7.91. The van der Waals surface area contributed by atoms with Gasteiger partial charge in [0.25, 0.3) is 5.56 Å². The summed E-state index contributed by atoms with van der Waals surface area (Å²) in [5.41, 5.74) is 2.63. The molecular formula is C30H28N4O4S. The van der Waals surface area contributed by atoms with E-state index < -0.39 is 32.2 Å². The van der Waals surface area contributed by atoms with Crippen molar-refractivity contribution >= 4 is 9.84 Å². The molecular weight excluding hydrogens is 512 g/mol. The number of benzene rings is 2. The maximum atomic E-state index is 13.8. The Morgan fingerprint density at radius 3 is 2.51 bits per heavy atom. The molecule has 0 spiro atoms. The molecule has 0 bridgehead atoms. The van der Waals surface area contributed by atoms with Crippen LogP contribution in [-0.2, 0) is 16.3 Å². The van der Waals surface area contributed by atoms with E-state index in [1.807, 2.05) is 26.0 Å². The molecule has 1 fully saturated rings. The zero-order valence-electron chi connectivity index (χ0n) is 21.7. The van der Waals surface area contributed by atoms with Gasteiger partial charge in [-0.15, -0.1) is 0 Å². The Morgan fingerprint density at radius 1 is 1.13 bits per heavy atom. The molecule has 2 heterocycles. The van der Waals surface area contributed by atoms with E-state index in [1.165, 1.54) is 16.7 Å². The van der Waals surface area contributed by atoms with Crippen LogP contribution in [0.2, 0.25) is 0 Å². The van der Waals surface area contributed by atoms with Gasteiger partial charge in [-0.05, 0) is 73.6 Å². The zero-order valence-corrected chi connectivity index (χ0v) is 22.5. The van der Waals surface area contributed by atoms with Crippen molar-refractivity contribution in [2.75, 3.05) is 0 Å². The summed E-state index contributed by atoms with van der Waals surface area (Å²) in [6, 6.07) is 18.4. The van der Waals surface area contributed by atoms with Gasteiger partial charge in [-0.25, -0.2) is 8.42 Å². The average Bonchev–Trinajstić information content (AvgIpc) is 3.75. The third kappa shape index (κ3) is 5.08. The van der Waals surface area contributed by atoms with E-state index in [1.54, 1.807) is 42.6 Å². The Kier molecular flexibility index (Phi) is 7.06. The summed E-state index contributed by atoms with van der Waals surface area (Å²) in [7, 11) is -4.41. The number of nitrogens with zero attached hydrogens (tertiary/aromatic N) is 4. The second-order valence-electron chi connectivity index (χ2n) is 9.83. The van der Waals surface area contributed by atoms with E-state index in [0.29, 0.717) is 35.7 Å². The first-order valence-corrected chi connectivity index (χ1v) is 14.3. The molecule has 198 valence electrons. The topological polar surface area (TPSA) is 126 Å². The van der Waals surface area contributed by atoms with Crippen LogP contribution in [0.1, 0.15) is 54.9 Å². The van der Waals surface area contributed by atoms with Gasteiger partial charge in [-0.1, -0.05) is 37.3 Å². The molecule has 8 nitrogen and oxygen atoms in total. The van der Waals surface area contributed by atoms with Crippen molar-refractivity contribution in [3.63, 3.8) is 0 Å². The number of aryl methyl sites for hydroxylation is 1. The minimum Gasteiger partial charge on any atom is -0.493 e. The van der Waals surface area contributed by atoms with Crippen LogP contribution < -0.4 is 5.56 Å². The van der Waals surface area contributed by atoms with E-state index in [0.717, 1.165) is 29.7 Å². The molecule has 0 radical (unpaired) electrons. The molecule has 1 saturated carbocycles. The van der Waals surface area contributed by atoms with Crippen molar-refractivity contribution < 1.29 is 13.5 Å². The molecule has 1 aliphatic carbocycles. The van der Waals surface area contributed by atoms with Crippen LogP contribution in [0.15, 0.2) is 81.4 Å². The largest absolute Gasteiger partial charge is 0.493 e. The first kappa shape index (κ1) is 26.3. The van der Waals surface area contributed by atoms with E-state index in [-0.39, 0.29) is 4.90 Å². The Balaban J connectivity index is 1.64. The van der Waals surface area contributed by atoms with Crippen molar-refractivity contribution in [2.45, 2.75) is 55.4 Å². The van der Waals surface area contributed by atoms with Gasteiger partial charge in [0.2, 0.25) is 15.7 Å². The van der Waals surface area contributed by atoms with Gasteiger partial charge in [0.1, 0.15) is 5.82 Å². The van der Waals surface area contributed by atoms with Crippen LogP contribution in [0.5, 0.6) is 5.88 Å². The summed E-state index contributed by atoms with van der Waals surface area (Å²) in [5.74, 6) is 0.0408. The summed E-state index contributed by atoms with van der Waals surface area (Å²) in [4.78, 5) is 20.8. The Labute approximate surface area is 227 Å². The van der Waals surface area contributed by atoms with Crippen molar-refractivity contribution in [1.29, 1.82) is 5.26 Å². The molecule has 1 unspecified atom stereocenters. The van der Waals surface area contributed by atoms with Gasteiger partial charge in [0.15, 0.2) is 4.90 Å². The van der Waals surface area contributed by atoms with Crippen LogP contribution in [-0.4, -0.2) is 28.1 Å². The number of aromatic nitrogens is 3. The molecule has 2 aromatic heterocycles. The predicted molar refractivity (Wildman–Crippen MR) is 146 cm³/mol. The fraction of sp³-hybridized carbons (Fsp3) is 0.267. The lowest BCUT2D eigenvalue weighted by Crippen LogP contribution is -2.27. The lowest BCUT2D eigenvalue weighted by Gasteiger charge is -2.25. The molecule has 0 saturated heterocycles. The number of pyridine rings is 1. The van der Waals surface area contributed by atoms with E-state index in [2.05, 4.69) is 16.0 Å². The van der Waals surface area contributed by atoms with E-state index in [4.69, 9.17) is 0 Å². The minimum absolute atomic E-state index is 0.122. The van der Waals surface area contributed by atoms with E-state index >= 15 is 0 Å². The molecule has 4 aromatic rings. The second-order valence-corrected chi connectivity index (χ2v) is 11.7. The van der Waals surface area contributed by atoms with Gasteiger partial charge < -0.3 is 5.11 Å². The maximum Gasteiger partial charge on any atom is 0.296 e. The van der Waals surface area contributed by atoms with Crippen molar-refractivity contribution in [3.05, 3.63) is 99.9 Å². The number of sulfone groups is 1. The van der Waals surface area contributed by atoms with Crippen LogP contribution in [0.4, 0.5) is 0 Å². The molecule has 1 N–H and O–H groups in total. The van der Waals surface area contributed by atoms with E-state index in [9.17, 15) is 23.6 Å². The van der Waals surface area contributed by atoms with Gasteiger partial charge in [0, 0.05) is 23.9 Å². The lowest BCUT2D eigenvalue weighted by atomic mass is 10.0. The standard InChI is InChI=1S/C30H28N4O4S/c1-3-26(23-7-4-6-21(16-23)18-31)34-27(17-20-9-10-20)33-29(35)28(30(34)36)39(37,38)24-13-11-22(12-14-24)25-8-5-15-32-19(25)2/h4-8,11-16,20,26,36H,3,9-10,17H2,1-2H3. The van der Waals surface area contributed by atoms with Gasteiger partial charge >= 0.3 is 0 Å². The van der Waals surface area contributed by atoms with Crippen molar-refractivity contribution in [1.82, 2.24) is 14.5 Å². The lowest BCUT2D eigenvalue weighted by molar-refractivity contribution is 0.357. The highest BCUT2D eigenvalue weighted by atomic mass is 32.2. The number of hydrogen-bond donors (Lipinski definition) is 1. The fourth-order valence-electron chi connectivity index (χ4n) is 4.94. The van der Waals surface area contributed by atoms with Crippen LogP contribution in [0.25, 0.3) is 11.1 Å². The summed E-state index contributed by atoms with van der Waals surface area (Å²) in [6.45, 7) is 3.77. The molecule has 0 amide bonds. The average molecular weight is 541 g/mol. The molecule has 1 atom stereocenters. The summed E-state index contributed by atoms with van der Waals surface area (Å²) < 4.78 is 29.0. The third-order valence-corrected chi connectivity index (χ3v) is 8.94. The van der Waals surface area contributed by atoms with Crippen LogP contribution >= 0.6 is 0 Å². The molecule has 1 aliphatic rings. The fourth-order valence-corrected chi connectivity index (χ4v) is 6.28. The predicted octanol–water partition coefficient (Wildman–Crippen LogP) is 4.98. The molecule has 39 heavy (non-hydrogen) atoms. The van der Waals surface area contributed by atoms with Crippen LogP contribution in [0.3, 0.4) is 0 Å². The highest BCUT2D eigenvalue weighted by Crippen LogP contribution is 2.37. The van der Waals surface area contributed by atoms with Gasteiger partial charge in [-0.3, -0.25) is 14.3 Å². The first-order valence-electron chi connectivity index (χ1n) is 12.9. The summed E-state index contributed by atoms with van der Waals surface area (Å²) in [5, 5.41) is 20.9. The normalized spacial score (nSPS) is 14.1. The smallest absolute Gasteiger partial charge is 0.296 e. The van der Waals surface area contributed by atoms with Crippen molar-refractivity contribution in [2.24, 2.45) is 5.92 Å². The van der Waals surface area contributed by atoms with Gasteiger partial charge in [-0.2, -0.15) is 10.2 Å². The Hall–Kier alpha value is -4.29. The molecule has 5 rings (SSSR count). The van der Waals surface area contributed by atoms with Gasteiger partial charge in [0.05, 0.1) is 22.6 Å². The Morgan fingerprint density at radius 2 is 1.87 bits per heavy atom. The number of rotatable bonds is 8. The minimum atomic E-state index is -4.41. The molecule has 2 aromatic carbocycles. The van der Waals surface area contributed by atoms with Crippen LogP contribution in [0, 0.1) is 24.2 Å². The molecule has 0 aliphatic heterocycles. The quantitative estimate of drug-likeness (QED) is 0.334. The highest BCUT2D eigenvalue weighted by Gasteiger charge is 2.34. The third-order valence-electron chi connectivity index (χ3n) is 7.15. The number of hydrogen-bond acceptors (Lipinski definition) is 7. The number of aromatic hydroxyl groups is 1. The monoisotopic (exact) mass is 540 g/mol. The first-order chi connectivity index (χ1) is 18.7. The summed E-state index contributed by atoms with van der Waals surface area (Å²) in [6.07, 6.45) is 4.59. The zero-order chi connectivity index (χ0) is 27.7. The number of nitriles is 1. The maximum absolute atomic E-state index is 13.8. The second kappa shape index (κ2) is 10.5. The summed E-state index contributed by atoms with van der Waals surface area (Å²) >= 11 is 0. The Bertz CT molecular complexity index is 1750. The van der Waals surface area contributed by atoms with Crippen molar-refractivity contribution in [3.8, 4) is 23.1 Å².